The fraction of sp³-hybridized carbons (Fsp3) is 0.588. The molecular formula is C17H21F3N4O4S. The van der Waals surface area contributed by atoms with Crippen molar-refractivity contribution in [3.05, 3.63) is 23.9 Å². The van der Waals surface area contributed by atoms with Gasteiger partial charge >= 0.3 is 6.18 Å². The van der Waals surface area contributed by atoms with E-state index in [4.69, 9.17) is 9.15 Å². The number of furan rings is 1. The Morgan fingerprint density at radius 3 is 2.41 bits per heavy atom. The number of ether oxygens (including phenoxy) is 1. The summed E-state index contributed by atoms with van der Waals surface area (Å²) in [6, 6.07) is 3.74. The van der Waals surface area contributed by atoms with Crippen LogP contribution in [0.4, 0.5) is 13.2 Å². The summed E-state index contributed by atoms with van der Waals surface area (Å²) in [6.45, 7) is 3.34. The topological polar surface area (TPSA) is 91.7 Å². The zero-order valence-electron chi connectivity index (χ0n) is 15.5. The quantitative estimate of drug-likeness (QED) is 0.793. The Bertz CT molecular complexity index is 942. The zero-order valence-corrected chi connectivity index (χ0v) is 16.3. The third kappa shape index (κ3) is 4.20. The van der Waals surface area contributed by atoms with E-state index in [1.54, 1.807) is 0 Å². The summed E-state index contributed by atoms with van der Waals surface area (Å²) in [5.74, 6) is -0.0452. The molecule has 29 heavy (non-hydrogen) atoms. The molecule has 1 N–H and O–H groups in total. The van der Waals surface area contributed by atoms with Crippen LogP contribution in [0.15, 0.2) is 27.7 Å². The lowest BCUT2D eigenvalue weighted by molar-refractivity contribution is -0.141. The van der Waals surface area contributed by atoms with E-state index in [1.165, 1.54) is 16.4 Å². The first-order valence-corrected chi connectivity index (χ1v) is 10.7. The monoisotopic (exact) mass is 434 g/mol. The second kappa shape index (κ2) is 7.74. The maximum Gasteiger partial charge on any atom is 0.432 e. The molecule has 0 atom stereocenters. The second-order valence-corrected chi connectivity index (χ2v) is 8.94. The van der Waals surface area contributed by atoms with E-state index in [9.17, 15) is 21.6 Å². The summed E-state index contributed by atoms with van der Waals surface area (Å²) in [6.07, 6.45) is -2.69. The van der Waals surface area contributed by atoms with Crippen LogP contribution in [-0.4, -0.2) is 73.3 Å². The number of alkyl halides is 3. The molecule has 0 saturated carbocycles. The number of rotatable bonds is 4. The van der Waals surface area contributed by atoms with E-state index in [1.807, 2.05) is 5.10 Å². The molecule has 12 heteroatoms. The average Bonchev–Trinajstić information content (AvgIpc) is 3.38. The average molecular weight is 434 g/mol. The molecule has 2 fully saturated rings. The summed E-state index contributed by atoms with van der Waals surface area (Å²) >= 11 is 0. The molecule has 0 amide bonds. The molecule has 2 aliphatic rings. The number of aromatic nitrogens is 2. The van der Waals surface area contributed by atoms with Gasteiger partial charge in [-0.05, 0) is 31.0 Å². The van der Waals surface area contributed by atoms with Gasteiger partial charge in [0.15, 0.2) is 5.76 Å². The lowest BCUT2D eigenvalue weighted by Gasteiger charge is -2.39. The first kappa shape index (κ1) is 20.4. The first-order chi connectivity index (χ1) is 13.7. The lowest BCUT2D eigenvalue weighted by Crippen LogP contribution is -2.52. The van der Waals surface area contributed by atoms with E-state index in [2.05, 4.69) is 10.00 Å². The van der Waals surface area contributed by atoms with Crippen molar-refractivity contribution in [2.24, 2.45) is 0 Å². The number of nitrogens with one attached hydrogen (secondary N) is 1. The van der Waals surface area contributed by atoms with Crippen LogP contribution in [0.1, 0.15) is 18.5 Å². The van der Waals surface area contributed by atoms with Gasteiger partial charge in [-0.15, -0.1) is 0 Å². The van der Waals surface area contributed by atoms with Gasteiger partial charge in [-0.1, -0.05) is 0 Å². The molecule has 2 aliphatic heterocycles. The molecular weight excluding hydrogens is 413 g/mol. The van der Waals surface area contributed by atoms with Gasteiger partial charge < -0.3 is 9.15 Å². The maximum atomic E-state index is 12.9. The summed E-state index contributed by atoms with van der Waals surface area (Å²) in [5.41, 5.74) is -1.14. The van der Waals surface area contributed by atoms with Crippen LogP contribution in [0.25, 0.3) is 11.5 Å². The van der Waals surface area contributed by atoms with Crippen molar-refractivity contribution in [1.82, 2.24) is 19.4 Å². The van der Waals surface area contributed by atoms with Crippen molar-refractivity contribution in [1.29, 1.82) is 0 Å². The maximum absolute atomic E-state index is 12.9. The van der Waals surface area contributed by atoms with Crippen LogP contribution in [-0.2, 0) is 20.9 Å². The molecule has 0 aromatic carbocycles. The Balaban J connectivity index is 1.44. The number of hydrogen-bond acceptors (Lipinski definition) is 6. The molecule has 0 spiro atoms. The molecule has 0 aliphatic carbocycles. The minimum atomic E-state index is -4.57. The molecule has 8 nitrogen and oxygen atoms in total. The number of hydrogen-bond donors (Lipinski definition) is 1. The number of sulfonamides is 1. The standard InChI is InChI=1S/C17H21F3N4O4S/c18-17(19,20)15-11-13(21-22-15)14-1-2-16(28-14)29(25,26)24-7-5-23(6-8-24)12-3-9-27-10-4-12/h1-2,11-12H,3-10H2,(H,21,22). The van der Waals surface area contributed by atoms with Crippen molar-refractivity contribution in [2.45, 2.75) is 30.2 Å². The Kier molecular flexibility index (Phi) is 5.44. The van der Waals surface area contributed by atoms with Crippen LogP contribution in [0.2, 0.25) is 0 Å². The SMILES string of the molecule is O=S(=O)(c1ccc(-c2cc(C(F)(F)F)[nH]n2)o1)N1CCN(C2CCOCC2)CC1. The van der Waals surface area contributed by atoms with Crippen molar-refractivity contribution in [3.63, 3.8) is 0 Å². The van der Waals surface area contributed by atoms with Gasteiger partial charge in [0.2, 0.25) is 5.09 Å². The Hall–Kier alpha value is -1.89. The van der Waals surface area contributed by atoms with Gasteiger partial charge in [0.1, 0.15) is 11.4 Å². The summed E-state index contributed by atoms with van der Waals surface area (Å²) < 4.78 is 75.9. The molecule has 4 heterocycles. The minimum absolute atomic E-state index is 0.0452. The largest absolute Gasteiger partial charge is 0.442 e. The van der Waals surface area contributed by atoms with Crippen LogP contribution in [0.3, 0.4) is 0 Å². The highest BCUT2D eigenvalue weighted by molar-refractivity contribution is 7.89. The van der Waals surface area contributed by atoms with Crippen molar-refractivity contribution < 1.29 is 30.7 Å². The predicted molar refractivity (Wildman–Crippen MR) is 95.5 cm³/mol. The highest BCUT2D eigenvalue weighted by Gasteiger charge is 2.35. The van der Waals surface area contributed by atoms with Crippen LogP contribution in [0, 0.1) is 0 Å². The highest BCUT2D eigenvalue weighted by Crippen LogP contribution is 2.32. The fourth-order valence-electron chi connectivity index (χ4n) is 3.68. The number of piperazine rings is 1. The van der Waals surface area contributed by atoms with E-state index < -0.39 is 21.9 Å². The molecule has 2 saturated heterocycles. The smallest absolute Gasteiger partial charge is 0.432 e. The summed E-state index contributed by atoms with van der Waals surface area (Å²) in [5, 5.41) is 5.14. The number of H-pyrrole nitrogens is 1. The van der Waals surface area contributed by atoms with Gasteiger partial charge in [-0.25, -0.2) is 8.42 Å². The molecule has 2 aromatic heterocycles. The van der Waals surface area contributed by atoms with E-state index in [0.717, 1.165) is 32.1 Å². The second-order valence-electron chi connectivity index (χ2n) is 7.07. The molecule has 0 bridgehead atoms. The number of nitrogens with zero attached hydrogens (tertiary/aromatic N) is 3. The van der Waals surface area contributed by atoms with Crippen LogP contribution in [0.5, 0.6) is 0 Å². The van der Waals surface area contributed by atoms with Crippen LogP contribution >= 0.6 is 0 Å². The summed E-state index contributed by atoms with van der Waals surface area (Å²) in [4.78, 5) is 2.28. The molecule has 0 unspecified atom stereocenters. The Morgan fingerprint density at radius 1 is 1.10 bits per heavy atom. The van der Waals surface area contributed by atoms with Crippen molar-refractivity contribution >= 4 is 10.0 Å². The lowest BCUT2D eigenvalue weighted by atomic mass is 10.1. The minimum Gasteiger partial charge on any atom is -0.442 e. The van der Waals surface area contributed by atoms with Gasteiger partial charge in [-0.3, -0.25) is 10.00 Å². The third-order valence-electron chi connectivity index (χ3n) is 5.29. The molecule has 2 aromatic rings. The predicted octanol–water partition coefficient (Wildman–Crippen LogP) is 2.17. The van der Waals surface area contributed by atoms with E-state index in [0.29, 0.717) is 32.2 Å². The third-order valence-corrected chi connectivity index (χ3v) is 7.06. The zero-order chi connectivity index (χ0) is 20.6. The first-order valence-electron chi connectivity index (χ1n) is 9.30. The highest BCUT2D eigenvalue weighted by atomic mass is 32.2. The van der Waals surface area contributed by atoms with Crippen molar-refractivity contribution in [3.8, 4) is 11.5 Å². The Labute approximate surface area is 165 Å². The van der Waals surface area contributed by atoms with E-state index >= 15 is 0 Å². The Morgan fingerprint density at radius 2 is 1.79 bits per heavy atom. The van der Waals surface area contributed by atoms with Gasteiger partial charge in [-0.2, -0.15) is 22.6 Å². The van der Waals surface area contributed by atoms with Crippen LogP contribution < -0.4 is 0 Å². The summed E-state index contributed by atoms with van der Waals surface area (Å²) in [7, 11) is -3.87. The molecule has 0 radical (unpaired) electrons. The normalized spacial score (nSPS) is 20.9. The molecule has 4 rings (SSSR count). The van der Waals surface area contributed by atoms with E-state index in [-0.39, 0.29) is 16.5 Å². The fourth-order valence-corrected chi connectivity index (χ4v) is 5.01. The number of aromatic amines is 1. The van der Waals surface area contributed by atoms with Gasteiger partial charge in [0.25, 0.3) is 10.0 Å². The van der Waals surface area contributed by atoms with Gasteiger partial charge in [0, 0.05) is 45.4 Å². The number of halogens is 3. The van der Waals surface area contributed by atoms with Gasteiger partial charge in [0.05, 0.1) is 0 Å². The van der Waals surface area contributed by atoms with Crippen molar-refractivity contribution in [2.75, 3.05) is 39.4 Å². The molecule has 160 valence electrons.